The van der Waals surface area contributed by atoms with Gasteiger partial charge >= 0.3 is 0 Å². The van der Waals surface area contributed by atoms with Crippen molar-refractivity contribution in [2.24, 2.45) is 11.8 Å². The monoisotopic (exact) mass is 336 g/mol. The van der Waals surface area contributed by atoms with E-state index in [4.69, 9.17) is 16.3 Å². The van der Waals surface area contributed by atoms with Crippen LogP contribution in [0, 0.1) is 11.8 Å². The summed E-state index contributed by atoms with van der Waals surface area (Å²) >= 11 is 6.02. The highest BCUT2D eigenvalue weighted by Crippen LogP contribution is 2.34. The normalized spacial score (nSPS) is 24.2. The Balaban J connectivity index is 1.78. The Morgan fingerprint density at radius 2 is 2.00 bits per heavy atom. The molecule has 0 aliphatic carbocycles. The molecule has 2 heterocycles. The highest BCUT2D eigenvalue weighted by Gasteiger charge is 2.31. The minimum atomic E-state index is -0.216. The number of amides is 2. The molecule has 0 radical (unpaired) electrons. The minimum Gasteiger partial charge on any atom is -0.482 e. The van der Waals surface area contributed by atoms with Crippen LogP contribution in [-0.4, -0.2) is 43.0 Å². The van der Waals surface area contributed by atoms with E-state index in [9.17, 15) is 9.59 Å². The highest BCUT2D eigenvalue weighted by molar-refractivity contribution is 6.31. The van der Waals surface area contributed by atoms with Crippen LogP contribution in [0.4, 0.5) is 5.69 Å². The van der Waals surface area contributed by atoms with Crippen LogP contribution in [0.15, 0.2) is 18.2 Å². The highest BCUT2D eigenvalue weighted by atomic mass is 35.5. The summed E-state index contributed by atoms with van der Waals surface area (Å²) in [6.07, 6.45) is 1.14. The average Bonchev–Trinajstić information content (AvgIpc) is 2.49. The number of fused-ring (bicyclic) bond motifs is 1. The molecule has 124 valence electrons. The van der Waals surface area contributed by atoms with Gasteiger partial charge in [0.1, 0.15) is 12.3 Å². The van der Waals surface area contributed by atoms with Crippen LogP contribution in [0.3, 0.4) is 0 Å². The van der Waals surface area contributed by atoms with Crippen molar-refractivity contribution in [1.82, 2.24) is 4.90 Å². The summed E-state index contributed by atoms with van der Waals surface area (Å²) < 4.78 is 5.41. The fourth-order valence-electron chi connectivity index (χ4n) is 3.45. The van der Waals surface area contributed by atoms with Crippen LogP contribution >= 0.6 is 11.6 Å². The van der Waals surface area contributed by atoms with Gasteiger partial charge in [-0.3, -0.25) is 14.5 Å². The molecule has 2 aliphatic rings. The molecule has 0 bridgehead atoms. The number of anilines is 1. The predicted octanol–water partition coefficient (Wildman–Crippen LogP) is 2.57. The van der Waals surface area contributed by atoms with Crippen molar-refractivity contribution in [2.75, 3.05) is 31.1 Å². The molecular weight excluding hydrogens is 316 g/mol. The van der Waals surface area contributed by atoms with E-state index in [0.717, 1.165) is 19.5 Å². The molecule has 0 saturated carbocycles. The van der Waals surface area contributed by atoms with Crippen molar-refractivity contribution in [3.8, 4) is 5.75 Å². The maximum Gasteiger partial charge on any atom is 0.265 e. The number of piperidine rings is 1. The fourth-order valence-corrected chi connectivity index (χ4v) is 3.62. The number of carbonyl (C=O) groups is 2. The summed E-state index contributed by atoms with van der Waals surface area (Å²) in [5.74, 6) is 1.33. The quantitative estimate of drug-likeness (QED) is 0.834. The van der Waals surface area contributed by atoms with Gasteiger partial charge in [0, 0.05) is 18.1 Å². The van der Waals surface area contributed by atoms with Crippen LogP contribution in [-0.2, 0) is 9.59 Å². The lowest BCUT2D eigenvalue weighted by Gasteiger charge is -2.37. The summed E-state index contributed by atoms with van der Waals surface area (Å²) in [5.41, 5.74) is 0.570. The molecule has 6 heteroatoms. The van der Waals surface area contributed by atoms with Crippen molar-refractivity contribution in [1.29, 1.82) is 0 Å². The molecule has 1 fully saturated rings. The SMILES string of the molecule is CC1CC(C)CN(C(=O)CN2C(=O)COc3ccc(Cl)cc32)C1. The van der Waals surface area contributed by atoms with E-state index in [-0.39, 0.29) is 25.0 Å². The first-order chi connectivity index (χ1) is 10.9. The van der Waals surface area contributed by atoms with Gasteiger partial charge in [0.15, 0.2) is 6.61 Å². The van der Waals surface area contributed by atoms with Gasteiger partial charge in [-0.25, -0.2) is 0 Å². The van der Waals surface area contributed by atoms with E-state index >= 15 is 0 Å². The number of rotatable bonds is 2. The summed E-state index contributed by atoms with van der Waals surface area (Å²) in [5, 5.41) is 0.514. The summed E-state index contributed by atoms with van der Waals surface area (Å²) in [4.78, 5) is 28.2. The van der Waals surface area contributed by atoms with Gasteiger partial charge < -0.3 is 9.64 Å². The van der Waals surface area contributed by atoms with Crippen LogP contribution in [0.5, 0.6) is 5.75 Å². The molecule has 0 spiro atoms. The third kappa shape index (κ3) is 3.44. The van der Waals surface area contributed by atoms with E-state index in [1.165, 1.54) is 4.90 Å². The Morgan fingerprint density at radius 3 is 2.70 bits per heavy atom. The summed E-state index contributed by atoms with van der Waals surface area (Å²) in [7, 11) is 0. The molecule has 0 aromatic heterocycles. The van der Waals surface area contributed by atoms with E-state index in [1.54, 1.807) is 18.2 Å². The number of halogens is 1. The number of likely N-dealkylation sites (tertiary alicyclic amines) is 1. The van der Waals surface area contributed by atoms with Gasteiger partial charge in [0.25, 0.3) is 5.91 Å². The molecule has 3 rings (SSSR count). The lowest BCUT2D eigenvalue weighted by Crippen LogP contribution is -2.50. The van der Waals surface area contributed by atoms with Gasteiger partial charge in [-0.05, 0) is 36.5 Å². The third-order valence-electron chi connectivity index (χ3n) is 4.38. The van der Waals surface area contributed by atoms with Gasteiger partial charge in [0.05, 0.1) is 5.69 Å². The molecule has 2 amide bonds. The maximum atomic E-state index is 12.7. The number of benzene rings is 1. The van der Waals surface area contributed by atoms with Crippen LogP contribution < -0.4 is 9.64 Å². The third-order valence-corrected chi connectivity index (χ3v) is 4.61. The van der Waals surface area contributed by atoms with Crippen molar-refractivity contribution in [2.45, 2.75) is 20.3 Å². The Kier molecular flexibility index (Phi) is 4.48. The molecular formula is C17H21ClN2O3. The second-order valence-electron chi connectivity index (χ2n) is 6.63. The second kappa shape index (κ2) is 6.40. The van der Waals surface area contributed by atoms with Gasteiger partial charge in [-0.2, -0.15) is 0 Å². The zero-order chi connectivity index (χ0) is 16.6. The Hall–Kier alpha value is -1.75. The standard InChI is InChI=1S/C17H21ClN2O3/c1-11-5-12(2)8-19(7-11)16(21)9-20-14-6-13(18)3-4-15(14)23-10-17(20)22/h3-4,6,11-12H,5,7-10H2,1-2H3. The van der Waals surface area contributed by atoms with Crippen molar-refractivity contribution in [3.63, 3.8) is 0 Å². The predicted molar refractivity (Wildman–Crippen MR) is 88.8 cm³/mol. The minimum absolute atomic E-state index is 0.0235. The number of hydrogen-bond acceptors (Lipinski definition) is 3. The van der Waals surface area contributed by atoms with Crippen LogP contribution in [0.1, 0.15) is 20.3 Å². The van der Waals surface area contributed by atoms with E-state index < -0.39 is 0 Å². The van der Waals surface area contributed by atoms with Crippen LogP contribution in [0.25, 0.3) is 0 Å². The number of carbonyl (C=O) groups excluding carboxylic acids is 2. The molecule has 23 heavy (non-hydrogen) atoms. The first kappa shape index (κ1) is 16.1. The Bertz CT molecular complexity index is 624. The van der Waals surface area contributed by atoms with E-state index in [1.807, 2.05) is 4.90 Å². The molecule has 1 saturated heterocycles. The lowest BCUT2D eigenvalue weighted by molar-refractivity contribution is -0.134. The lowest BCUT2D eigenvalue weighted by atomic mass is 9.92. The molecule has 2 atom stereocenters. The van der Waals surface area contributed by atoms with Crippen molar-refractivity contribution >= 4 is 29.1 Å². The van der Waals surface area contributed by atoms with Crippen LogP contribution in [0.2, 0.25) is 5.02 Å². The van der Waals surface area contributed by atoms with Crippen molar-refractivity contribution in [3.05, 3.63) is 23.2 Å². The zero-order valence-electron chi connectivity index (χ0n) is 13.4. The summed E-state index contributed by atoms with van der Waals surface area (Å²) in [6, 6.07) is 5.11. The summed E-state index contributed by atoms with van der Waals surface area (Å²) in [6.45, 7) is 5.81. The van der Waals surface area contributed by atoms with Gasteiger partial charge in [0.2, 0.25) is 5.91 Å². The molecule has 5 nitrogen and oxygen atoms in total. The number of ether oxygens (including phenoxy) is 1. The topological polar surface area (TPSA) is 49.9 Å². The molecule has 0 N–H and O–H groups in total. The molecule has 2 unspecified atom stereocenters. The van der Waals surface area contributed by atoms with E-state index in [0.29, 0.717) is 28.3 Å². The average molecular weight is 337 g/mol. The number of nitrogens with zero attached hydrogens (tertiary/aromatic N) is 2. The number of hydrogen-bond donors (Lipinski definition) is 0. The van der Waals surface area contributed by atoms with Gasteiger partial charge in [-0.1, -0.05) is 25.4 Å². The van der Waals surface area contributed by atoms with Crippen molar-refractivity contribution < 1.29 is 14.3 Å². The smallest absolute Gasteiger partial charge is 0.265 e. The fraction of sp³-hybridized carbons (Fsp3) is 0.529. The Morgan fingerprint density at radius 1 is 1.30 bits per heavy atom. The zero-order valence-corrected chi connectivity index (χ0v) is 14.2. The molecule has 2 aliphatic heterocycles. The Labute approximate surface area is 141 Å². The molecule has 1 aromatic rings. The maximum absolute atomic E-state index is 12.7. The van der Waals surface area contributed by atoms with E-state index in [2.05, 4.69) is 13.8 Å². The van der Waals surface area contributed by atoms with Gasteiger partial charge in [-0.15, -0.1) is 0 Å². The molecule has 1 aromatic carbocycles. The second-order valence-corrected chi connectivity index (χ2v) is 7.06. The largest absolute Gasteiger partial charge is 0.482 e. The first-order valence-electron chi connectivity index (χ1n) is 7.94. The first-order valence-corrected chi connectivity index (χ1v) is 8.32.